The molecule has 2 rings (SSSR count). The fraction of sp³-hybridized carbons (Fsp3) is 0.250. The van der Waals surface area contributed by atoms with E-state index < -0.39 is 12.9 Å². The molecule has 2 aromatic carbocycles. The fourth-order valence-corrected chi connectivity index (χ4v) is 2.40. The average Bonchev–Trinajstić information content (AvgIpc) is 2.47. The first-order valence-electron chi connectivity index (χ1n) is 6.98. The lowest BCUT2D eigenvalue weighted by molar-refractivity contribution is 0.423. The van der Waals surface area contributed by atoms with Crippen LogP contribution in [0.25, 0.3) is 0 Å². The van der Waals surface area contributed by atoms with Crippen molar-refractivity contribution in [2.45, 2.75) is 20.4 Å². The Kier molecular flexibility index (Phi) is 4.99. The number of hydrogen-bond acceptors (Lipinski definition) is 3. The van der Waals surface area contributed by atoms with E-state index in [-0.39, 0.29) is 5.46 Å². The van der Waals surface area contributed by atoms with Crippen LogP contribution in [-0.2, 0) is 6.54 Å². The standard InChI is InChI=1S/C16H19BFNO2/c1-3-19(16-7-5-4-6-12(16)2)11-13-8-9-15(18)14(10-13)17(20)21/h4-10,20-21H,3,11H2,1-2H3. The third kappa shape index (κ3) is 3.62. The highest BCUT2D eigenvalue weighted by molar-refractivity contribution is 6.58. The van der Waals surface area contributed by atoms with Gasteiger partial charge in [0, 0.05) is 24.2 Å². The van der Waals surface area contributed by atoms with Crippen molar-refractivity contribution in [1.29, 1.82) is 0 Å². The molecule has 0 aliphatic heterocycles. The minimum atomic E-state index is -1.79. The molecule has 0 saturated carbocycles. The van der Waals surface area contributed by atoms with E-state index in [1.807, 2.05) is 31.2 Å². The van der Waals surface area contributed by atoms with Crippen LogP contribution >= 0.6 is 0 Å². The second kappa shape index (κ2) is 6.74. The molecule has 110 valence electrons. The van der Waals surface area contributed by atoms with Crippen LogP contribution in [0.1, 0.15) is 18.1 Å². The van der Waals surface area contributed by atoms with E-state index in [0.717, 1.165) is 17.8 Å². The molecular weight excluding hydrogens is 268 g/mol. The van der Waals surface area contributed by atoms with Crippen LogP contribution in [0.5, 0.6) is 0 Å². The van der Waals surface area contributed by atoms with Gasteiger partial charge in [0.25, 0.3) is 0 Å². The zero-order chi connectivity index (χ0) is 15.4. The molecule has 0 atom stereocenters. The highest BCUT2D eigenvalue weighted by Crippen LogP contribution is 2.21. The summed E-state index contributed by atoms with van der Waals surface area (Å²) in [5, 5.41) is 18.4. The summed E-state index contributed by atoms with van der Waals surface area (Å²) in [5.41, 5.74) is 3.04. The number of halogens is 1. The Morgan fingerprint density at radius 2 is 1.86 bits per heavy atom. The predicted molar refractivity (Wildman–Crippen MR) is 84.1 cm³/mol. The van der Waals surface area contributed by atoms with E-state index in [1.165, 1.54) is 17.7 Å². The molecule has 0 fully saturated rings. The summed E-state index contributed by atoms with van der Waals surface area (Å²) in [6.45, 7) is 5.49. The summed E-state index contributed by atoms with van der Waals surface area (Å²) in [7, 11) is -1.79. The molecule has 0 bridgehead atoms. The predicted octanol–water partition coefficient (Wildman–Crippen LogP) is 1.84. The molecule has 2 aromatic rings. The van der Waals surface area contributed by atoms with E-state index in [2.05, 4.69) is 11.8 Å². The highest BCUT2D eigenvalue weighted by atomic mass is 19.1. The first kappa shape index (κ1) is 15.5. The maximum Gasteiger partial charge on any atom is 0.491 e. The fourth-order valence-electron chi connectivity index (χ4n) is 2.40. The Balaban J connectivity index is 2.27. The van der Waals surface area contributed by atoms with Crippen molar-refractivity contribution in [1.82, 2.24) is 0 Å². The van der Waals surface area contributed by atoms with Gasteiger partial charge in [-0.25, -0.2) is 4.39 Å². The quantitative estimate of drug-likeness (QED) is 0.825. The molecule has 0 aromatic heterocycles. The van der Waals surface area contributed by atoms with Crippen molar-refractivity contribution in [2.75, 3.05) is 11.4 Å². The Morgan fingerprint density at radius 3 is 2.48 bits per heavy atom. The molecule has 5 heteroatoms. The number of rotatable bonds is 5. The van der Waals surface area contributed by atoms with Gasteiger partial charge in [0.05, 0.1) is 0 Å². The Labute approximate surface area is 124 Å². The summed E-state index contributed by atoms with van der Waals surface area (Å²) in [6, 6.07) is 12.5. The lowest BCUT2D eigenvalue weighted by Gasteiger charge is -2.25. The molecule has 2 N–H and O–H groups in total. The molecule has 0 unspecified atom stereocenters. The Bertz CT molecular complexity index is 619. The summed E-state index contributed by atoms with van der Waals surface area (Å²) >= 11 is 0. The second-order valence-electron chi connectivity index (χ2n) is 5.03. The van der Waals surface area contributed by atoms with Gasteiger partial charge in [-0.1, -0.05) is 30.3 Å². The topological polar surface area (TPSA) is 43.7 Å². The van der Waals surface area contributed by atoms with E-state index in [1.54, 1.807) is 6.07 Å². The second-order valence-corrected chi connectivity index (χ2v) is 5.03. The molecular formula is C16H19BFNO2. The lowest BCUT2D eigenvalue weighted by Crippen LogP contribution is -2.33. The number of hydrogen-bond donors (Lipinski definition) is 2. The van der Waals surface area contributed by atoms with Crippen LogP contribution in [-0.4, -0.2) is 23.7 Å². The van der Waals surface area contributed by atoms with Gasteiger partial charge in [0.15, 0.2) is 0 Å². The van der Waals surface area contributed by atoms with E-state index >= 15 is 0 Å². The Morgan fingerprint density at radius 1 is 1.14 bits per heavy atom. The van der Waals surface area contributed by atoms with Crippen LogP contribution in [0.4, 0.5) is 10.1 Å². The normalized spacial score (nSPS) is 10.5. The van der Waals surface area contributed by atoms with E-state index in [4.69, 9.17) is 0 Å². The molecule has 0 aliphatic carbocycles. The van der Waals surface area contributed by atoms with Gasteiger partial charge in [-0.15, -0.1) is 0 Å². The zero-order valence-corrected chi connectivity index (χ0v) is 12.3. The first-order valence-corrected chi connectivity index (χ1v) is 6.98. The van der Waals surface area contributed by atoms with Crippen LogP contribution in [0.3, 0.4) is 0 Å². The smallest absolute Gasteiger partial charge is 0.423 e. The molecule has 0 radical (unpaired) electrons. The zero-order valence-electron chi connectivity index (χ0n) is 12.3. The average molecular weight is 287 g/mol. The molecule has 3 nitrogen and oxygen atoms in total. The van der Waals surface area contributed by atoms with Gasteiger partial charge >= 0.3 is 7.12 Å². The molecule has 0 amide bonds. The minimum Gasteiger partial charge on any atom is -0.423 e. The van der Waals surface area contributed by atoms with Gasteiger partial charge < -0.3 is 14.9 Å². The largest absolute Gasteiger partial charge is 0.491 e. The summed E-state index contributed by atoms with van der Waals surface area (Å²) < 4.78 is 13.5. The number of nitrogens with zero attached hydrogens (tertiary/aromatic N) is 1. The number of anilines is 1. The van der Waals surface area contributed by atoms with Crippen molar-refractivity contribution in [3.05, 3.63) is 59.4 Å². The molecule has 0 saturated heterocycles. The first-order chi connectivity index (χ1) is 10.0. The van der Waals surface area contributed by atoms with Crippen LogP contribution in [0, 0.1) is 12.7 Å². The lowest BCUT2D eigenvalue weighted by atomic mass is 9.79. The third-order valence-electron chi connectivity index (χ3n) is 3.55. The van der Waals surface area contributed by atoms with Crippen molar-refractivity contribution < 1.29 is 14.4 Å². The molecule has 21 heavy (non-hydrogen) atoms. The number of aryl methyl sites for hydroxylation is 1. The van der Waals surface area contributed by atoms with Gasteiger partial charge in [-0.2, -0.15) is 0 Å². The SMILES string of the molecule is CCN(Cc1ccc(F)c(B(O)O)c1)c1ccccc1C. The van der Waals surface area contributed by atoms with E-state index in [0.29, 0.717) is 6.54 Å². The van der Waals surface area contributed by atoms with Gasteiger partial charge in [0.2, 0.25) is 0 Å². The van der Waals surface area contributed by atoms with Crippen LogP contribution < -0.4 is 10.4 Å². The van der Waals surface area contributed by atoms with Crippen molar-refractivity contribution in [3.8, 4) is 0 Å². The third-order valence-corrected chi connectivity index (χ3v) is 3.55. The van der Waals surface area contributed by atoms with Gasteiger partial charge in [-0.05, 0) is 37.1 Å². The van der Waals surface area contributed by atoms with Crippen molar-refractivity contribution in [2.24, 2.45) is 0 Å². The molecule has 0 aliphatic rings. The molecule has 0 spiro atoms. The maximum atomic E-state index is 13.5. The van der Waals surface area contributed by atoms with Crippen LogP contribution in [0.15, 0.2) is 42.5 Å². The highest BCUT2D eigenvalue weighted by Gasteiger charge is 2.17. The number of para-hydroxylation sites is 1. The Hall–Kier alpha value is -1.85. The van der Waals surface area contributed by atoms with Crippen LogP contribution in [0.2, 0.25) is 0 Å². The summed E-state index contributed by atoms with van der Waals surface area (Å²) in [6.07, 6.45) is 0. The van der Waals surface area contributed by atoms with Crippen molar-refractivity contribution in [3.63, 3.8) is 0 Å². The van der Waals surface area contributed by atoms with Gasteiger partial charge in [0.1, 0.15) is 5.82 Å². The minimum absolute atomic E-state index is 0.0895. The monoisotopic (exact) mass is 287 g/mol. The molecule has 0 heterocycles. The summed E-state index contributed by atoms with van der Waals surface area (Å²) in [4.78, 5) is 2.16. The van der Waals surface area contributed by atoms with E-state index in [9.17, 15) is 14.4 Å². The van der Waals surface area contributed by atoms with Crippen molar-refractivity contribution >= 4 is 18.3 Å². The van der Waals surface area contributed by atoms with Gasteiger partial charge in [-0.3, -0.25) is 0 Å². The number of benzene rings is 2. The maximum absolute atomic E-state index is 13.5. The summed E-state index contributed by atoms with van der Waals surface area (Å²) in [5.74, 6) is -0.604.